The monoisotopic (exact) mass is 561 g/mol. The van der Waals surface area contributed by atoms with E-state index in [2.05, 4.69) is 10.4 Å². The highest BCUT2D eigenvalue weighted by molar-refractivity contribution is 5.96. The van der Waals surface area contributed by atoms with Crippen LogP contribution >= 0.6 is 0 Å². The summed E-state index contributed by atoms with van der Waals surface area (Å²) in [7, 11) is 0. The third kappa shape index (κ3) is 5.80. The molecule has 1 aromatic heterocycles. The van der Waals surface area contributed by atoms with Crippen molar-refractivity contribution in [3.05, 3.63) is 76.6 Å². The van der Waals surface area contributed by atoms with E-state index < -0.39 is 35.5 Å². The van der Waals surface area contributed by atoms with Gasteiger partial charge in [-0.3, -0.25) is 14.9 Å². The Morgan fingerprint density at radius 3 is 2.50 bits per heavy atom. The Labute approximate surface area is 227 Å². The van der Waals surface area contributed by atoms with Crippen LogP contribution < -0.4 is 5.32 Å². The Bertz CT molecular complexity index is 1450. The summed E-state index contributed by atoms with van der Waals surface area (Å²) in [6, 6.07) is 6.95. The third-order valence-electron chi connectivity index (χ3n) is 7.04. The van der Waals surface area contributed by atoms with Gasteiger partial charge < -0.3 is 15.0 Å². The molecule has 2 aromatic carbocycles. The molecular weight excluding hydrogens is 533 g/mol. The van der Waals surface area contributed by atoms with Gasteiger partial charge in [-0.05, 0) is 79.6 Å². The van der Waals surface area contributed by atoms with E-state index in [1.165, 1.54) is 23.0 Å². The fraction of sp³-hybridized carbons (Fsp3) is 0.393. The van der Waals surface area contributed by atoms with Crippen LogP contribution in [0.5, 0.6) is 0 Å². The normalized spacial score (nSPS) is 16.4. The van der Waals surface area contributed by atoms with Crippen molar-refractivity contribution in [1.29, 1.82) is 5.41 Å². The summed E-state index contributed by atoms with van der Waals surface area (Å²) in [5.41, 5.74) is -0.101. The number of halogens is 5. The Hall–Kier alpha value is -3.96. The van der Waals surface area contributed by atoms with E-state index >= 15 is 0 Å². The molecule has 2 N–H and O–H groups in total. The number of amidine groups is 1. The molecule has 2 heterocycles. The van der Waals surface area contributed by atoms with Gasteiger partial charge in [-0.15, -0.1) is 0 Å². The number of nitrogens with zero attached hydrogens (tertiary/aromatic N) is 3. The SMILES string of the molecule is CC(C)n1cc(-c2cc(CN3CCOC3=N)cc(C(=O)NC(c3ccc(F)c(F)c3)C3CC3)c2)c(C(F)(F)F)n1. The van der Waals surface area contributed by atoms with E-state index in [1.807, 2.05) is 0 Å². The molecule has 7 nitrogen and oxygen atoms in total. The van der Waals surface area contributed by atoms with Crippen LogP contribution in [0.3, 0.4) is 0 Å². The van der Waals surface area contributed by atoms with Crippen LogP contribution in [0, 0.1) is 23.0 Å². The first kappa shape index (κ1) is 27.6. The number of carbonyl (C=O) groups excluding carboxylic acids is 1. The second-order valence-electron chi connectivity index (χ2n) is 10.4. The van der Waals surface area contributed by atoms with E-state index in [1.54, 1.807) is 30.9 Å². The lowest BCUT2D eigenvalue weighted by atomic mass is 9.97. The number of hydrogen-bond acceptors (Lipinski definition) is 4. The molecule has 1 unspecified atom stereocenters. The predicted octanol–water partition coefficient (Wildman–Crippen LogP) is 6.08. The van der Waals surface area contributed by atoms with Crippen molar-refractivity contribution in [3.8, 4) is 11.1 Å². The number of ether oxygens (including phenoxy) is 1. The quantitative estimate of drug-likeness (QED) is 0.327. The van der Waals surface area contributed by atoms with Gasteiger partial charge >= 0.3 is 6.18 Å². The molecule has 2 fully saturated rings. The van der Waals surface area contributed by atoms with Crippen molar-refractivity contribution >= 4 is 11.9 Å². The highest BCUT2D eigenvalue weighted by Gasteiger charge is 2.38. The molecule has 2 aliphatic rings. The zero-order valence-corrected chi connectivity index (χ0v) is 21.9. The predicted molar refractivity (Wildman–Crippen MR) is 136 cm³/mol. The van der Waals surface area contributed by atoms with Crippen LogP contribution in [0.1, 0.15) is 66.0 Å². The molecule has 1 amide bonds. The van der Waals surface area contributed by atoms with E-state index in [0.717, 1.165) is 25.0 Å². The second-order valence-corrected chi connectivity index (χ2v) is 10.4. The summed E-state index contributed by atoms with van der Waals surface area (Å²) >= 11 is 0. The van der Waals surface area contributed by atoms with Gasteiger partial charge in [0, 0.05) is 29.9 Å². The first-order valence-corrected chi connectivity index (χ1v) is 12.9. The van der Waals surface area contributed by atoms with Crippen LogP contribution in [-0.4, -0.2) is 39.8 Å². The maximum absolute atomic E-state index is 14.0. The maximum atomic E-state index is 14.0. The number of rotatable bonds is 8. The molecular formula is C28H28F5N5O2. The number of hydrogen-bond donors (Lipinski definition) is 2. The lowest BCUT2D eigenvalue weighted by molar-refractivity contribution is -0.141. The molecule has 0 bridgehead atoms. The molecule has 0 radical (unpaired) electrons. The molecule has 5 rings (SSSR count). The number of benzene rings is 2. The Morgan fingerprint density at radius 1 is 1.15 bits per heavy atom. The minimum atomic E-state index is -4.73. The molecule has 1 saturated carbocycles. The van der Waals surface area contributed by atoms with Gasteiger partial charge in [-0.2, -0.15) is 18.3 Å². The summed E-state index contributed by atoms with van der Waals surface area (Å²) in [6.07, 6.45) is -1.85. The molecule has 40 heavy (non-hydrogen) atoms. The van der Waals surface area contributed by atoms with Crippen molar-refractivity contribution in [2.75, 3.05) is 13.2 Å². The van der Waals surface area contributed by atoms with Crippen LogP contribution in [0.2, 0.25) is 0 Å². The number of aromatic nitrogens is 2. The molecule has 3 aromatic rings. The molecule has 212 valence electrons. The Kier molecular flexibility index (Phi) is 7.28. The third-order valence-corrected chi connectivity index (χ3v) is 7.04. The first-order chi connectivity index (χ1) is 18.9. The van der Waals surface area contributed by atoms with Crippen molar-refractivity contribution in [2.45, 2.75) is 51.5 Å². The van der Waals surface area contributed by atoms with Crippen LogP contribution in [0.4, 0.5) is 22.0 Å². The van der Waals surface area contributed by atoms with Gasteiger partial charge in [0.15, 0.2) is 17.3 Å². The lowest BCUT2D eigenvalue weighted by Gasteiger charge is -2.21. The topological polar surface area (TPSA) is 83.2 Å². The van der Waals surface area contributed by atoms with E-state index in [0.29, 0.717) is 24.3 Å². The van der Waals surface area contributed by atoms with E-state index in [4.69, 9.17) is 10.1 Å². The Morgan fingerprint density at radius 2 is 1.90 bits per heavy atom. The number of alkyl halides is 3. The lowest BCUT2D eigenvalue weighted by Crippen LogP contribution is -2.30. The second kappa shape index (κ2) is 10.5. The molecule has 0 spiro atoms. The summed E-state index contributed by atoms with van der Waals surface area (Å²) in [6.45, 7) is 4.29. The van der Waals surface area contributed by atoms with Crippen LogP contribution in [-0.2, 0) is 17.5 Å². The molecule has 1 saturated heterocycles. The van der Waals surface area contributed by atoms with Gasteiger partial charge in [0.2, 0.25) is 0 Å². The highest BCUT2D eigenvalue weighted by Crippen LogP contribution is 2.42. The van der Waals surface area contributed by atoms with Crippen molar-refractivity contribution in [3.63, 3.8) is 0 Å². The van der Waals surface area contributed by atoms with Gasteiger partial charge in [0.25, 0.3) is 11.9 Å². The summed E-state index contributed by atoms with van der Waals surface area (Å²) in [5.74, 6) is -2.57. The minimum absolute atomic E-state index is 0.0276. The average molecular weight is 562 g/mol. The van der Waals surface area contributed by atoms with Crippen LogP contribution in [0.15, 0.2) is 42.6 Å². The molecule has 1 atom stereocenters. The molecule has 1 aliphatic carbocycles. The average Bonchev–Trinajstić information content (AvgIpc) is 3.48. The van der Waals surface area contributed by atoms with Gasteiger partial charge in [0.1, 0.15) is 6.61 Å². The van der Waals surface area contributed by atoms with Gasteiger partial charge in [0.05, 0.1) is 12.6 Å². The van der Waals surface area contributed by atoms with Crippen LogP contribution in [0.25, 0.3) is 11.1 Å². The maximum Gasteiger partial charge on any atom is 0.435 e. The van der Waals surface area contributed by atoms with Crippen molar-refractivity contribution in [2.24, 2.45) is 5.92 Å². The summed E-state index contributed by atoms with van der Waals surface area (Å²) in [4.78, 5) is 15.2. The fourth-order valence-electron chi connectivity index (χ4n) is 4.80. The van der Waals surface area contributed by atoms with Gasteiger partial charge in [-0.25, -0.2) is 8.78 Å². The highest BCUT2D eigenvalue weighted by atomic mass is 19.4. The Balaban J connectivity index is 1.54. The van der Waals surface area contributed by atoms with Crippen molar-refractivity contribution < 1.29 is 31.5 Å². The minimum Gasteiger partial charge on any atom is -0.463 e. The summed E-state index contributed by atoms with van der Waals surface area (Å²) in [5, 5.41) is 14.6. The smallest absolute Gasteiger partial charge is 0.435 e. The van der Waals surface area contributed by atoms with E-state index in [-0.39, 0.29) is 41.2 Å². The van der Waals surface area contributed by atoms with Crippen molar-refractivity contribution in [1.82, 2.24) is 20.0 Å². The zero-order chi connectivity index (χ0) is 28.8. The molecule has 12 heteroatoms. The molecule has 1 aliphatic heterocycles. The fourth-order valence-corrected chi connectivity index (χ4v) is 4.80. The first-order valence-electron chi connectivity index (χ1n) is 12.9. The number of amides is 1. The van der Waals surface area contributed by atoms with Gasteiger partial charge in [-0.1, -0.05) is 6.07 Å². The standard InChI is InChI=1S/C28H28F5N5O2/c1-15(2)38-14-21(25(36-38)28(31,32)33)19-9-16(13-37-7-8-40-27(37)34)10-20(11-19)26(39)35-24(17-3-4-17)18-5-6-22(29)23(30)12-18/h5-6,9-12,14-15,17,24,34H,3-4,7-8,13H2,1-2H3,(H,35,39). The largest absolute Gasteiger partial charge is 0.463 e. The summed E-state index contributed by atoms with van der Waals surface area (Å²) < 4.78 is 75.9. The zero-order valence-electron chi connectivity index (χ0n) is 21.9. The van der Waals surface area contributed by atoms with E-state index in [9.17, 15) is 26.7 Å². The number of carbonyl (C=O) groups is 1. The number of nitrogens with one attached hydrogen (secondary N) is 2.